The average molecular weight is 427 g/mol. The molecule has 1 aliphatic rings. The van der Waals surface area contributed by atoms with Gasteiger partial charge in [-0.15, -0.1) is 0 Å². The van der Waals surface area contributed by atoms with Crippen molar-refractivity contribution in [1.29, 1.82) is 10.8 Å². The van der Waals surface area contributed by atoms with Crippen LogP contribution < -0.4 is 11.1 Å². The number of nitrogens with two attached hydrogens (primary N) is 1. The monoisotopic (exact) mass is 426 g/mol. The molecule has 2 aromatic rings. The van der Waals surface area contributed by atoms with Gasteiger partial charge >= 0.3 is 0 Å². The summed E-state index contributed by atoms with van der Waals surface area (Å²) in [5.74, 6) is 0.338. The van der Waals surface area contributed by atoms with Crippen molar-refractivity contribution >= 4 is 33.7 Å². The van der Waals surface area contributed by atoms with Crippen LogP contribution in [0.5, 0.6) is 0 Å². The molecule has 1 saturated heterocycles. The van der Waals surface area contributed by atoms with E-state index >= 15 is 0 Å². The average Bonchev–Trinajstić information content (AvgIpc) is 2.79. The van der Waals surface area contributed by atoms with Gasteiger partial charge in [-0.05, 0) is 48.6 Å². The van der Waals surface area contributed by atoms with Crippen LogP contribution in [0.15, 0.2) is 53.8 Å². The third kappa shape index (κ3) is 4.74. The number of nitrogens with one attached hydrogen (secondary N) is 3. The SMILES string of the molecule is N=CC(=CN)c1ccc(NCC2CCN(S(=O)(=O)c3cccnc3)CC2)c(C=N)c1. The van der Waals surface area contributed by atoms with Gasteiger partial charge in [-0.3, -0.25) is 4.98 Å². The minimum Gasteiger partial charge on any atom is -0.404 e. The third-order valence-electron chi connectivity index (χ3n) is 5.30. The minimum atomic E-state index is -3.49. The van der Waals surface area contributed by atoms with Crippen molar-refractivity contribution in [3.63, 3.8) is 0 Å². The maximum atomic E-state index is 12.7. The maximum absolute atomic E-state index is 12.7. The summed E-state index contributed by atoms with van der Waals surface area (Å²) in [5, 5.41) is 18.5. The fourth-order valence-corrected chi connectivity index (χ4v) is 4.94. The van der Waals surface area contributed by atoms with E-state index in [1.807, 2.05) is 18.2 Å². The number of hydrogen-bond donors (Lipinski definition) is 4. The number of pyridine rings is 1. The normalized spacial score (nSPS) is 16.2. The van der Waals surface area contributed by atoms with E-state index in [0.717, 1.165) is 24.1 Å². The number of sulfonamides is 1. The van der Waals surface area contributed by atoms with Gasteiger partial charge in [-0.2, -0.15) is 4.31 Å². The molecule has 1 aliphatic heterocycles. The summed E-state index contributed by atoms with van der Waals surface area (Å²) in [6.07, 6.45) is 8.29. The number of nitrogens with zero attached hydrogens (tertiary/aromatic N) is 2. The molecule has 0 radical (unpaired) electrons. The second-order valence-electron chi connectivity index (χ2n) is 7.13. The molecule has 3 rings (SSSR count). The first-order valence-corrected chi connectivity index (χ1v) is 11.1. The number of allylic oxidation sites excluding steroid dienone is 1. The lowest BCUT2D eigenvalue weighted by atomic mass is 9.97. The number of benzene rings is 1. The maximum Gasteiger partial charge on any atom is 0.244 e. The van der Waals surface area contributed by atoms with Gasteiger partial charge in [0.15, 0.2) is 0 Å². The number of aromatic nitrogens is 1. The molecular formula is C21H26N6O2S. The van der Waals surface area contributed by atoms with Crippen LogP contribution in [0.3, 0.4) is 0 Å². The summed E-state index contributed by atoms with van der Waals surface area (Å²) in [5.41, 5.74) is 8.46. The highest BCUT2D eigenvalue weighted by Gasteiger charge is 2.29. The fourth-order valence-electron chi connectivity index (χ4n) is 3.51. The Kier molecular flexibility index (Phi) is 6.96. The van der Waals surface area contributed by atoms with Crippen molar-refractivity contribution in [1.82, 2.24) is 9.29 Å². The van der Waals surface area contributed by atoms with Crippen molar-refractivity contribution < 1.29 is 8.42 Å². The van der Waals surface area contributed by atoms with E-state index in [0.29, 0.717) is 36.7 Å². The van der Waals surface area contributed by atoms with E-state index in [1.54, 1.807) is 18.3 Å². The van der Waals surface area contributed by atoms with Crippen molar-refractivity contribution in [3.8, 4) is 0 Å². The van der Waals surface area contributed by atoms with E-state index in [1.165, 1.54) is 29.1 Å². The minimum absolute atomic E-state index is 0.230. The highest BCUT2D eigenvalue weighted by molar-refractivity contribution is 7.89. The third-order valence-corrected chi connectivity index (χ3v) is 7.18. The van der Waals surface area contributed by atoms with Crippen LogP contribution in [-0.2, 0) is 10.0 Å². The molecule has 1 fully saturated rings. The van der Waals surface area contributed by atoms with E-state index in [2.05, 4.69) is 10.3 Å². The topological polar surface area (TPSA) is 136 Å². The van der Waals surface area contributed by atoms with Gasteiger partial charge in [-0.25, -0.2) is 8.42 Å². The molecule has 2 heterocycles. The molecule has 1 aromatic heterocycles. The first kappa shape index (κ1) is 21.7. The molecule has 158 valence electrons. The highest BCUT2D eigenvalue weighted by atomic mass is 32.2. The Hall–Kier alpha value is -3.04. The molecule has 9 heteroatoms. The van der Waals surface area contributed by atoms with Gasteiger partial charge in [0.25, 0.3) is 0 Å². The molecule has 0 saturated carbocycles. The smallest absolute Gasteiger partial charge is 0.244 e. The number of hydrogen-bond acceptors (Lipinski definition) is 7. The zero-order valence-electron chi connectivity index (χ0n) is 16.6. The van der Waals surface area contributed by atoms with Gasteiger partial charge in [-0.1, -0.05) is 6.07 Å². The quantitative estimate of drug-likeness (QED) is 0.481. The van der Waals surface area contributed by atoms with Gasteiger partial charge in [0, 0.05) is 67.5 Å². The lowest BCUT2D eigenvalue weighted by Gasteiger charge is -2.31. The second kappa shape index (κ2) is 9.64. The molecule has 0 spiro atoms. The summed E-state index contributed by atoms with van der Waals surface area (Å²) >= 11 is 0. The van der Waals surface area contributed by atoms with Crippen LogP contribution in [0, 0.1) is 16.7 Å². The molecule has 0 amide bonds. The van der Waals surface area contributed by atoms with E-state index in [9.17, 15) is 8.42 Å². The standard InChI is InChI=1S/C21H26N6O2S/c22-11-18-10-17(19(12-23)13-24)3-4-21(18)26-14-16-5-8-27(9-6-16)30(28,29)20-2-1-7-25-15-20/h1-4,7,10-13,15-16,22-23,26H,5-6,8-9,14,24H2. The molecule has 30 heavy (non-hydrogen) atoms. The van der Waals surface area contributed by atoms with Crippen molar-refractivity contribution in [2.24, 2.45) is 11.7 Å². The van der Waals surface area contributed by atoms with E-state index in [-0.39, 0.29) is 4.90 Å². The summed E-state index contributed by atoms with van der Waals surface area (Å²) in [6.45, 7) is 1.65. The van der Waals surface area contributed by atoms with Crippen LogP contribution >= 0.6 is 0 Å². The largest absolute Gasteiger partial charge is 0.404 e. The number of piperidine rings is 1. The van der Waals surface area contributed by atoms with E-state index < -0.39 is 10.0 Å². The zero-order chi connectivity index (χ0) is 21.6. The van der Waals surface area contributed by atoms with Crippen LogP contribution in [0.1, 0.15) is 24.0 Å². The Bertz CT molecular complexity index is 1030. The van der Waals surface area contributed by atoms with Crippen molar-refractivity contribution in [2.75, 3.05) is 25.0 Å². The molecule has 0 unspecified atom stereocenters. The highest BCUT2D eigenvalue weighted by Crippen LogP contribution is 2.25. The van der Waals surface area contributed by atoms with Crippen LogP contribution in [-0.4, -0.2) is 49.8 Å². The molecule has 1 aromatic carbocycles. The number of anilines is 1. The number of rotatable bonds is 8. The molecular weight excluding hydrogens is 400 g/mol. The fraction of sp³-hybridized carbons (Fsp3) is 0.286. The summed E-state index contributed by atoms with van der Waals surface area (Å²) in [4.78, 5) is 4.14. The Morgan fingerprint density at radius 3 is 2.63 bits per heavy atom. The zero-order valence-corrected chi connectivity index (χ0v) is 17.4. The molecule has 5 N–H and O–H groups in total. The Labute approximate surface area is 176 Å². The molecule has 0 aliphatic carbocycles. The predicted molar refractivity (Wildman–Crippen MR) is 119 cm³/mol. The van der Waals surface area contributed by atoms with Gasteiger partial charge in [0.05, 0.1) is 0 Å². The summed E-state index contributed by atoms with van der Waals surface area (Å²) < 4.78 is 26.9. The van der Waals surface area contributed by atoms with E-state index in [4.69, 9.17) is 16.6 Å². The van der Waals surface area contributed by atoms with Gasteiger partial charge in [0.2, 0.25) is 10.0 Å². The first-order valence-electron chi connectivity index (χ1n) is 9.71. The lowest BCUT2D eigenvalue weighted by molar-refractivity contribution is 0.282. The Morgan fingerprint density at radius 2 is 2.03 bits per heavy atom. The molecule has 0 atom stereocenters. The summed E-state index contributed by atoms with van der Waals surface area (Å²) in [6, 6.07) is 8.77. The Balaban J connectivity index is 1.60. The predicted octanol–water partition coefficient (Wildman–Crippen LogP) is 2.54. The van der Waals surface area contributed by atoms with Crippen LogP contribution in [0.2, 0.25) is 0 Å². The second-order valence-corrected chi connectivity index (χ2v) is 9.07. The lowest BCUT2D eigenvalue weighted by Crippen LogP contribution is -2.39. The van der Waals surface area contributed by atoms with Crippen molar-refractivity contribution in [2.45, 2.75) is 17.7 Å². The van der Waals surface area contributed by atoms with Crippen LogP contribution in [0.25, 0.3) is 5.57 Å². The van der Waals surface area contributed by atoms with Gasteiger partial charge < -0.3 is 21.9 Å². The van der Waals surface area contributed by atoms with Crippen molar-refractivity contribution in [3.05, 3.63) is 60.1 Å². The molecule has 8 nitrogen and oxygen atoms in total. The summed E-state index contributed by atoms with van der Waals surface area (Å²) in [7, 11) is -3.49. The Morgan fingerprint density at radius 1 is 1.27 bits per heavy atom. The van der Waals surface area contributed by atoms with Crippen LogP contribution in [0.4, 0.5) is 5.69 Å². The first-order chi connectivity index (χ1) is 14.5. The van der Waals surface area contributed by atoms with Gasteiger partial charge in [0.1, 0.15) is 4.90 Å². The molecule has 0 bridgehead atoms.